The third-order valence-electron chi connectivity index (χ3n) is 7.11. The average molecular weight is 376 g/mol. The van der Waals surface area contributed by atoms with Gasteiger partial charge in [-0.2, -0.15) is 0 Å². The summed E-state index contributed by atoms with van der Waals surface area (Å²) in [4.78, 5) is 0. The molecular weight excluding hydrogens is 360 g/mol. The molecule has 0 radical (unpaired) electrons. The van der Waals surface area contributed by atoms with E-state index in [0.717, 1.165) is 0 Å². The van der Waals surface area contributed by atoms with Gasteiger partial charge in [0.15, 0.2) is 0 Å². The monoisotopic (exact) mass is 376 g/mol. The van der Waals surface area contributed by atoms with E-state index in [1.165, 1.54) is 75.8 Å². The normalized spacial score (nSPS) is 12.7. The Labute approximate surface area is 173 Å². The summed E-state index contributed by atoms with van der Waals surface area (Å²) in [6.07, 6.45) is 0. The van der Waals surface area contributed by atoms with E-state index in [1.54, 1.807) is 0 Å². The van der Waals surface area contributed by atoms with E-state index in [-0.39, 0.29) is 0 Å². The summed E-state index contributed by atoms with van der Waals surface area (Å²) in [5.41, 5.74) is 2.63. The Kier molecular flexibility index (Phi) is 2.49. The van der Waals surface area contributed by atoms with Crippen molar-refractivity contribution in [2.24, 2.45) is 0 Å². The lowest BCUT2D eigenvalue weighted by Crippen LogP contribution is -1.93. The molecule has 10 aromatic rings. The van der Waals surface area contributed by atoms with Gasteiger partial charge in [0, 0.05) is 0 Å². The Balaban J connectivity index is 1.62. The first kappa shape index (κ1) is 15.0. The van der Waals surface area contributed by atoms with Gasteiger partial charge in [0.2, 0.25) is 0 Å². The lowest BCUT2D eigenvalue weighted by atomic mass is 9.82. The highest BCUT2D eigenvalue weighted by Gasteiger charge is 2.20. The van der Waals surface area contributed by atoms with Gasteiger partial charge in [0.1, 0.15) is 0 Å². The molecule has 0 aliphatic heterocycles. The lowest BCUT2D eigenvalue weighted by Gasteiger charge is -2.21. The van der Waals surface area contributed by atoms with Gasteiger partial charge >= 0.3 is 0 Å². The van der Waals surface area contributed by atoms with E-state index in [1.807, 2.05) is 0 Å². The van der Waals surface area contributed by atoms with Gasteiger partial charge in [-0.3, -0.25) is 0 Å². The van der Waals surface area contributed by atoms with Gasteiger partial charge in [-0.15, -0.1) is 0 Å². The predicted molar refractivity (Wildman–Crippen MR) is 130 cm³/mol. The molecule has 0 fully saturated rings. The van der Waals surface area contributed by atoms with Crippen molar-refractivity contribution in [3.63, 3.8) is 0 Å². The van der Waals surface area contributed by atoms with Crippen LogP contribution in [0.15, 0.2) is 97.1 Å². The van der Waals surface area contributed by atoms with Crippen molar-refractivity contribution < 1.29 is 0 Å². The van der Waals surface area contributed by atoms with Crippen LogP contribution < -0.4 is 0 Å². The van der Waals surface area contributed by atoms with Crippen LogP contribution in [0.4, 0.5) is 0 Å². The molecule has 136 valence electrons. The SMILES string of the molecule is c1ccc2c(-c3ccc4c5cc6cc7ccc6c(c6cccc3c46)c75)cccc2c1. The van der Waals surface area contributed by atoms with Crippen molar-refractivity contribution in [2.75, 3.05) is 0 Å². The Morgan fingerprint density at radius 2 is 1.07 bits per heavy atom. The second-order valence-electron chi connectivity index (χ2n) is 8.53. The standard InChI is InChI=1S/C30H16/c1-2-7-20-17(5-1)6-3-8-22(20)23-13-14-25-27-16-19-15-18-11-12-21(19)30(28(18)27)26-10-4-9-24(23)29(25)26/h1-16H. The van der Waals surface area contributed by atoms with E-state index in [0.29, 0.717) is 0 Å². The maximum atomic E-state index is 2.39. The first-order valence-corrected chi connectivity index (χ1v) is 10.5. The summed E-state index contributed by atoms with van der Waals surface area (Å²) in [5.74, 6) is 0. The van der Waals surface area contributed by atoms with Gasteiger partial charge < -0.3 is 0 Å². The van der Waals surface area contributed by atoms with Crippen LogP contribution in [0.5, 0.6) is 0 Å². The van der Waals surface area contributed by atoms with Crippen LogP contribution >= 0.6 is 0 Å². The maximum Gasteiger partial charge on any atom is -0.00141 e. The van der Waals surface area contributed by atoms with Gasteiger partial charge in [0.25, 0.3) is 0 Å². The first-order valence-electron chi connectivity index (χ1n) is 10.5. The summed E-state index contributed by atoms with van der Waals surface area (Å²) < 4.78 is 0. The molecule has 0 aromatic heterocycles. The highest BCUT2D eigenvalue weighted by atomic mass is 14.2. The zero-order valence-electron chi connectivity index (χ0n) is 16.2. The first-order chi connectivity index (χ1) is 14.9. The molecule has 0 saturated carbocycles. The van der Waals surface area contributed by atoms with Crippen molar-refractivity contribution in [3.8, 4) is 11.1 Å². The Hall–Kier alpha value is -3.90. The molecule has 0 saturated heterocycles. The fourth-order valence-corrected chi connectivity index (χ4v) is 5.89. The number of fused-ring (bicyclic) bond motifs is 2. The van der Waals surface area contributed by atoms with Crippen LogP contribution in [-0.2, 0) is 0 Å². The number of hydrogen-bond acceptors (Lipinski definition) is 0. The van der Waals surface area contributed by atoms with Crippen LogP contribution in [0.2, 0.25) is 0 Å². The molecule has 0 atom stereocenters. The highest BCUT2D eigenvalue weighted by Crippen LogP contribution is 2.48. The van der Waals surface area contributed by atoms with Crippen LogP contribution in [0.25, 0.3) is 75.8 Å². The van der Waals surface area contributed by atoms with Gasteiger partial charge in [0.05, 0.1) is 0 Å². The zero-order chi connectivity index (χ0) is 19.4. The molecule has 0 amide bonds. The third-order valence-corrected chi connectivity index (χ3v) is 7.11. The van der Waals surface area contributed by atoms with Crippen molar-refractivity contribution >= 4 is 64.6 Å². The molecule has 0 unspecified atom stereocenters. The van der Waals surface area contributed by atoms with Gasteiger partial charge in [-0.05, 0) is 87.9 Å². The molecule has 10 rings (SSSR count). The molecule has 0 spiro atoms. The molecule has 0 nitrogen and oxygen atoms in total. The van der Waals surface area contributed by atoms with E-state index < -0.39 is 0 Å². The van der Waals surface area contributed by atoms with Crippen molar-refractivity contribution in [1.82, 2.24) is 0 Å². The molecule has 0 aliphatic rings. The zero-order valence-corrected chi connectivity index (χ0v) is 16.2. The summed E-state index contributed by atoms with van der Waals surface area (Å²) >= 11 is 0. The fourth-order valence-electron chi connectivity index (χ4n) is 5.89. The predicted octanol–water partition coefficient (Wildman–Crippen LogP) is 8.59. The molecule has 0 heteroatoms. The molecule has 30 heavy (non-hydrogen) atoms. The second-order valence-corrected chi connectivity index (χ2v) is 8.53. The van der Waals surface area contributed by atoms with Crippen LogP contribution in [0.3, 0.4) is 0 Å². The summed E-state index contributed by atoms with van der Waals surface area (Å²) in [7, 11) is 0. The minimum atomic E-state index is 1.29. The smallest absolute Gasteiger partial charge is 0.00141 e. The Morgan fingerprint density at radius 1 is 0.300 bits per heavy atom. The highest BCUT2D eigenvalue weighted by molar-refractivity contribution is 6.41. The maximum absolute atomic E-state index is 2.39. The van der Waals surface area contributed by atoms with Crippen molar-refractivity contribution in [3.05, 3.63) is 97.1 Å². The summed E-state index contributed by atoms with van der Waals surface area (Å²) in [6, 6.07) is 36.2. The molecule has 10 aromatic carbocycles. The molecule has 0 aliphatic carbocycles. The molecule has 6 bridgehead atoms. The van der Waals surface area contributed by atoms with Crippen LogP contribution in [0, 0.1) is 0 Å². The fraction of sp³-hybridized carbons (Fsp3) is 0. The number of benzene rings is 10. The largest absolute Gasteiger partial charge is 0.0616 e. The van der Waals surface area contributed by atoms with Crippen LogP contribution in [0.1, 0.15) is 0 Å². The Morgan fingerprint density at radius 3 is 2.03 bits per heavy atom. The van der Waals surface area contributed by atoms with E-state index >= 15 is 0 Å². The van der Waals surface area contributed by atoms with E-state index in [9.17, 15) is 0 Å². The molecule has 0 heterocycles. The molecular formula is C30H16. The van der Waals surface area contributed by atoms with Crippen molar-refractivity contribution in [1.29, 1.82) is 0 Å². The van der Waals surface area contributed by atoms with Crippen molar-refractivity contribution in [2.45, 2.75) is 0 Å². The van der Waals surface area contributed by atoms with E-state index in [2.05, 4.69) is 97.1 Å². The van der Waals surface area contributed by atoms with Gasteiger partial charge in [-0.1, -0.05) is 84.9 Å². The Bertz CT molecular complexity index is 1880. The summed E-state index contributed by atoms with van der Waals surface area (Å²) in [5, 5.41) is 16.5. The lowest BCUT2D eigenvalue weighted by molar-refractivity contribution is 1.70. The summed E-state index contributed by atoms with van der Waals surface area (Å²) in [6.45, 7) is 0. The minimum Gasteiger partial charge on any atom is -0.0616 e. The van der Waals surface area contributed by atoms with Gasteiger partial charge in [-0.25, -0.2) is 0 Å². The number of rotatable bonds is 1. The van der Waals surface area contributed by atoms with E-state index in [4.69, 9.17) is 0 Å². The van der Waals surface area contributed by atoms with Crippen LogP contribution in [-0.4, -0.2) is 0 Å². The minimum absolute atomic E-state index is 1.29. The third kappa shape index (κ3) is 1.62. The quantitative estimate of drug-likeness (QED) is 0.199. The number of hydrogen-bond donors (Lipinski definition) is 0. The second kappa shape index (κ2) is 4.98. The average Bonchev–Trinajstić information content (AvgIpc) is 2.82. The molecule has 0 N–H and O–H groups in total. The topological polar surface area (TPSA) is 0 Å².